The van der Waals surface area contributed by atoms with Crippen LogP contribution < -0.4 is 10.1 Å². The standard InChI is InChI=1S/C17H25NO3/c1-12-7-6-8-14(11-12)21-13(2)17(20)18-15-9-4-3-5-10-16(15)19/h6-8,11,13,15-16,19H,3-5,9-10H2,1-2H3,(H,18,20). The first kappa shape index (κ1) is 15.8. The Kier molecular flexibility index (Phi) is 5.62. The van der Waals surface area contributed by atoms with Crippen LogP contribution in [0.4, 0.5) is 0 Å². The van der Waals surface area contributed by atoms with Gasteiger partial charge in [0.05, 0.1) is 12.1 Å². The average molecular weight is 291 g/mol. The van der Waals surface area contributed by atoms with Crippen molar-refractivity contribution in [3.63, 3.8) is 0 Å². The van der Waals surface area contributed by atoms with Crippen molar-refractivity contribution in [1.82, 2.24) is 5.32 Å². The summed E-state index contributed by atoms with van der Waals surface area (Å²) in [6.45, 7) is 3.72. The molecular formula is C17H25NO3. The van der Waals surface area contributed by atoms with Crippen molar-refractivity contribution in [1.29, 1.82) is 0 Å². The van der Waals surface area contributed by atoms with Crippen LogP contribution in [0.3, 0.4) is 0 Å². The molecule has 3 unspecified atom stereocenters. The van der Waals surface area contributed by atoms with E-state index in [9.17, 15) is 9.90 Å². The highest BCUT2D eigenvalue weighted by molar-refractivity contribution is 5.81. The summed E-state index contributed by atoms with van der Waals surface area (Å²) in [5, 5.41) is 13.0. The molecule has 0 aromatic heterocycles. The topological polar surface area (TPSA) is 58.6 Å². The van der Waals surface area contributed by atoms with Crippen molar-refractivity contribution < 1.29 is 14.6 Å². The molecule has 1 aromatic rings. The lowest BCUT2D eigenvalue weighted by Crippen LogP contribution is -2.47. The Hall–Kier alpha value is -1.55. The summed E-state index contributed by atoms with van der Waals surface area (Å²) in [6, 6.07) is 7.49. The van der Waals surface area contributed by atoms with E-state index in [1.165, 1.54) is 0 Å². The maximum Gasteiger partial charge on any atom is 0.261 e. The first-order chi connectivity index (χ1) is 10.1. The van der Waals surface area contributed by atoms with Gasteiger partial charge in [0, 0.05) is 0 Å². The molecule has 1 aliphatic carbocycles. The van der Waals surface area contributed by atoms with Gasteiger partial charge in [0.15, 0.2) is 6.10 Å². The molecule has 21 heavy (non-hydrogen) atoms. The smallest absolute Gasteiger partial charge is 0.261 e. The van der Waals surface area contributed by atoms with Crippen molar-refractivity contribution in [3.8, 4) is 5.75 Å². The van der Waals surface area contributed by atoms with E-state index in [-0.39, 0.29) is 11.9 Å². The van der Waals surface area contributed by atoms with Gasteiger partial charge in [0.1, 0.15) is 5.75 Å². The molecule has 0 bridgehead atoms. The van der Waals surface area contributed by atoms with E-state index in [4.69, 9.17) is 4.74 Å². The predicted octanol–water partition coefficient (Wildman–Crippen LogP) is 2.57. The maximum atomic E-state index is 12.2. The first-order valence-electron chi connectivity index (χ1n) is 7.78. The molecule has 1 fully saturated rings. The Morgan fingerprint density at radius 1 is 1.33 bits per heavy atom. The quantitative estimate of drug-likeness (QED) is 0.838. The van der Waals surface area contributed by atoms with E-state index >= 15 is 0 Å². The average Bonchev–Trinajstić information content (AvgIpc) is 2.64. The van der Waals surface area contributed by atoms with Gasteiger partial charge in [-0.1, -0.05) is 31.4 Å². The molecule has 1 amide bonds. The lowest BCUT2D eigenvalue weighted by atomic mass is 10.1. The van der Waals surface area contributed by atoms with Crippen LogP contribution in [0.5, 0.6) is 5.75 Å². The third-order valence-electron chi connectivity index (χ3n) is 3.98. The van der Waals surface area contributed by atoms with Crippen molar-refractivity contribution >= 4 is 5.91 Å². The van der Waals surface area contributed by atoms with Crippen LogP contribution in [0, 0.1) is 6.92 Å². The van der Waals surface area contributed by atoms with Crippen LogP contribution in [-0.2, 0) is 4.79 Å². The molecule has 4 heteroatoms. The van der Waals surface area contributed by atoms with E-state index in [0.717, 1.165) is 37.7 Å². The van der Waals surface area contributed by atoms with Crippen LogP contribution in [0.25, 0.3) is 0 Å². The zero-order valence-corrected chi connectivity index (χ0v) is 12.8. The Balaban J connectivity index is 1.89. The zero-order valence-electron chi connectivity index (χ0n) is 12.8. The number of amides is 1. The molecule has 4 nitrogen and oxygen atoms in total. The number of nitrogens with one attached hydrogen (secondary N) is 1. The second-order valence-corrected chi connectivity index (χ2v) is 5.90. The molecule has 0 heterocycles. The summed E-state index contributed by atoms with van der Waals surface area (Å²) in [7, 11) is 0. The molecule has 116 valence electrons. The lowest BCUT2D eigenvalue weighted by Gasteiger charge is -2.24. The summed E-state index contributed by atoms with van der Waals surface area (Å²) >= 11 is 0. The van der Waals surface area contributed by atoms with Crippen molar-refractivity contribution in [2.45, 2.75) is 64.2 Å². The number of hydrogen-bond donors (Lipinski definition) is 2. The van der Waals surface area contributed by atoms with Crippen molar-refractivity contribution in [2.75, 3.05) is 0 Å². The van der Waals surface area contributed by atoms with Crippen molar-refractivity contribution in [2.24, 2.45) is 0 Å². The fourth-order valence-corrected chi connectivity index (χ4v) is 2.70. The molecule has 1 saturated carbocycles. The number of aliphatic hydroxyl groups excluding tert-OH is 1. The molecule has 0 spiro atoms. The lowest BCUT2D eigenvalue weighted by molar-refractivity contribution is -0.128. The Bertz CT molecular complexity index is 475. The summed E-state index contributed by atoms with van der Waals surface area (Å²) in [5.41, 5.74) is 1.10. The fraction of sp³-hybridized carbons (Fsp3) is 0.588. The monoisotopic (exact) mass is 291 g/mol. The molecule has 0 radical (unpaired) electrons. The molecular weight excluding hydrogens is 266 g/mol. The van der Waals surface area contributed by atoms with E-state index in [2.05, 4.69) is 5.32 Å². The van der Waals surface area contributed by atoms with Crippen LogP contribution in [0.2, 0.25) is 0 Å². The van der Waals surface area contributed by atoms with Gasteiger partial charge in [-0.15, -0.1) is 0 Å². The third-order valence-corrected chi connectivity index (χ3v) is 3.98. The van der Waals surface area contributed by atoms with Gasteiger partial charge in [0.2, 0.25) is 0 Å². The zero-order chi connectivity index (χ0) is 15.2. The van der Waals surface area contributed by atoms with Gasteiger partial charge in [0.25, 0.3) is 5.91 Å². The number of aliphatic hydroxyl groups is 1. The van der Waals surface area contributed by atoms with Gasteiger partial charge < -0.3 is 15.2 Å². The minimum absolute atomic E-state index is 0.149. The highest BCUT2D eigenvalue weighted by atomic mass is 16.5. The number of hydrogen-bond acceptors (Lipinski definition) is 3. The van der Waals surface area contributed by atoms with Gasteiger partial charge in [-0.25, -0.2) is 0 Å². The fourth-order valence-electron chi connectivity index (χ4n) is 2.70. The van der Waals surface area contributed by atoms with Crippen LogP contribution >= 0.6 is 0 Å². The van der Waals surface area contributed by atoms with Gasteiger partial charge >= 0.3 is 0 Å². The SMILES string of the molecule is Cc1cccc(OC(C)C(=O)NC2CCCCCC2O)c1. The molecule has 1 aliphatic rings. The van der Waals surface area contributed by atoms with E-state index in [1.54, 1.807) is 6.92 Å². The van der Waals surface area contributed by atoms with E-state index in [0.29, 0.717) is 5.75 Å². The Morgan fingerprint density at radius 2 is 2.10 bits per heavy atom. The van der Waals surface area contributed by atoms with Crippen LogP contribution in [0.1, 0.15) is 44.6 Å². The highest BCUT2D eigenvalue weighted by Gasteiger charge is 2.25. The van der Waals surface area contributed by atoms with E-state index in [1.807, 2.05) is 31.2 Å². The molecule has 2 N–H and O–H groups in total. The second kappa shape index (κ2) is 7.46. The van der Waals surface area contributed by atoms with E-state index < -0.39 is 12.2 Å². The highest BCUT2D eigenvalue weighted by Crippen LogP contribution is 2.19. The number of carbonyl (C=O) groups is 1. The number of carbonyl (C=O) groups excluding carboxylic acids is 1. The number of ether oxygens (including phenoxy) is 1. The molecule has 0 saturated heterocycles. The minimum Gasteiger partial charge on any atom is -0.481 e. The predicted molar refractivity (Wildman–Crippen MR) is 82.3 cm³/mol. The third kappa shape index (κ3) is 4.74. The molecule has 3 atom stereocenters. The number of aryl methyl sites for hydroxylation is 1. The minimum atomic E-state index is -0.567. The summed E-state index contributed by atoms with van der Waals surface area (Å²) in [6.07, 6.45) is 3.80. The molecule has 0 aliphatic heterocycles. The van der Waals surface area contributed by atoms with Gasteiger partial charge in [-0.05, 0) is 44.4 Å². The van der Waals surface area contributed by atoms with Crippen molar-refractivity contribution in [3.05, 3.63) is 29.8 Å². The summed E-state index contributed by atoms with van der Waals surface area (Å²) < 4.78 is 5.67. The summed E-state index contributed by atoms with van der Waals surface area (Å²) in [4.78, 5) is 12.2. The first-order valence-corrected chi connectivity index (χ1v) is 7.78. The Labute approximate surface area is 126 Å². The number of rotatable bonds is 4. The largest absolute Gasteiger partial charge is 0.481 e. The van der Waals surface area contributed by atoms with Gasteiger partial charge in [-0.2, -0.15) is 0 Å². The normalized spacial score (nSPS) is 24.0. The maximum absolute atomic E-state index is 12.2. The Morgan fingerprint density at radius 3 is 2.86 bits per heavy atom. The van der Waals surface area contributed by atoms with Crippen LogP contribution in [0.15, 0.2) is 24.3 Å². The second-order valence-electron chi connectivity index (χ2n) is 5.90. The summed E-state index contributed by atoms with van der Waals surface area (Å²) in [5.74, 6) is 0.529. The van der Waals surface area contributed by atoms with Crippen LogP contribution in [-0.4, -0.2) is 29.3 Å². The molecule has 1 aromatic carbocycles. The van der Waals surface area contributed by atoms with Gasteiger partial charge in [-0.3, -0.25) is 4.79 Å². The molecule has 2 rings (SSSR count). The number of benzene rings is 1.